The van der Waals surface area contributed by atoms with E-state index in [4.69, 9.17) is 16.0 Å². The largest absolute Gasteiger partial charge is 0.477 e. The van der Waals surface area contributed by atoms with E-state index in [-0.39, 0.29) is 10.1 Å². The van der Waals surface area contributed by atoms with Gasteiger partial charge in [0.1, 0.15) is 4.91 Å². The van der Waals surface area contributed by atoms with Gasteiger partial charge in [0.05, 0.1) is 0 Å². The average molecular weight is 578 g/mol. The molecule has 2 aromatic heterocycles. The Morgan fingerprint density at radius 1 is 1.12 bits per heavy atom. The van der Waals surface area contributed by atoms with Crippen LogP contribution < -0.4 is 0 Å². The van der Waals surface area contributed by atoms with E-state index in [2.05, 4.69) is 37.4 Å². The van der Waals surface area contributed by atoms with Crippen molar-refractivity contribution in [2.75, 3.05) is 0 Å². The fraction of sp³-hybridized carbons (Fsp3) is 0.0870. The van der Waals surface area contributed by atoms with Crippen LogP contribution in [0.15, 0.2) is 69.1 Å². The summed E-state index contributed by atoms with van der Waals surface area (Å²) >= 11 is 9.09. The minimum atomic E-state index is -1.07. The van der Waals surface area contributed by atoms with Gasteiger partial charge in [-0.1, -0.05) is 11.6 Å². The SMILES string of the molecule is Cc1cc(/C=C(\Sc2nnc(-c3ccc(Cl)cc3)o2)C(=O)O)c(C)n1-c1ccc(I)cc1. The molecule has 0 radical (unpaired) electrons. The molecule has 32 heavy (non-hydrogen) atoms. The van der Waals surface area contributed by atoms with E-state index in [0.29, 0.717) is 16.5 Å². The van der Waals surface area contributed by atoms with Gasteiger partial charge >= 0.3 is 5.97 Å². The zero-order valence-electron chi connectivity index (χ0n) is 17.0. The molecule has 0 amide bonds. The number of rotatable bonds is 6. The van der Waals surface area contributed by atoms with Crippen molar-refractivity contribution in [3.05, 3.63) is 85.0 Å². The molecule has 0 unspecified atom stereocenters. The molecule has 0 atom stereocenters. The van der Waals surface area contributed by atoms with E-state index in [9.17, 15) is 9.90 Å². The van der Waals surface area contributed by atoms with E-state index in [0.717, 1.165) is 38.0 Å². The summed E-state index contributed by atoms with van der Waals surface area (Å²) in [6, 6.07) is 17.1. The summed E-state index contributed by atoms with van der Waals surface area (Å²) in [4.78, 5) is 12.0. The molecule has 0 saturated carbocycles. The lowest BCUT2D eigenvalue weighted by molar-refractivity contribution is -0.131. The van der Waals surface area contributed by atoms with E-state index in [1.165, 1.54) is 0 Å². The highest BCUT2D eigenvalue weighted by Crippen LogP contribution is 2.32. The van der Waals surface area contributed by atoms with Crippen molar-refractivity contribution >= 4 is 58.0 Å². The van der Waals surface area contributed by atoms with Crippen LogP contribution in [0.4, 0.5) is 0 Å². The van der Waals surface area contributed by atoms with Crippen LogP contribution in [-0.4, -0.2) is 25.8 Å². The van der Waals surface area contributed by atoms with Crippen LogP contribution in [0, 0.1) is 17.4 Å². The number of aromatic nitrogens is 3. The van der Waals surface area contributed by atoms with E-state index < -0.39 is 5.97 Å². The Bertz CT molecular complexity index is 1310. The summed E-state index contributed by atoms with van der Waals surface area (Å²) in [5.74, 6) is -0.772. The average Bonchev–Trinajstić information content (AvgIpc) is 3.33. The van der Waals surface area contributed by atoms with Gasteiger partial charge in [0, 0.05) is 31.2 Å². The number of hydrogen-bond donors (Lipinski definition) is 1. The van der Waals surface area contributed by atoms with E-state index >= 15 is 0 Å². The molecular formula is C23H17ClIN3O3S. The molecule has 6 nitrogen and oxygen atoms in total. The molecule has 0 saturated heterocycles. The molecule has 0 bridgehead atoms. The molecule has 0 spiro atoms. The van der Waals surface area contributed by atoms with Crippen LogP contribution in [0.5, 0.6) is 0 Å². The molecule has 0 fully saturated rings. The quantitative estimate of drug-likeness (QED) is 0.158. The van der Waals surface area contributed by atoms with Gasteiger partial charge in [0.25, 0.3) is 5.22 Å². The van der Waals surface area contributed by atoms with Crippen LogP contribution in [0.1, 0.15) is 17.0 Å². The monoisotopic (exact) mass is 577 g/mol. The number of aliphatic carboxylic acids is 1. The Morgan fingerprint density at radius 2 is 1.81 bits per heavy atom. The molecular weight excluding hydrogens is 561 g/mol. The molecule has 162 valence electrons. The number of carboxylic acid groups (broad SMARTS) is 1. The van der Waals surface area contributed by atoms with Crippen molar-refractivity contribution in [1.82, 2.24) is 14.8 Å². The molecule has 0 aliphatic carbocycles. The van der Waals surface area contributed by atoms with E-state index in [1.54, 1.807) is 30.3 Å². The lowest BCUT2D eigenvalue weighted by Gasteiger charge is -2.09. The molecule has 2 aromatic carbocycles. The van der Waals surface area contributed by atoms with Crippen molar-refractivity contribution in [3.8, 4) is 17.1 Å². The van der Waals surface area contributed by atoms with Gasteiger partial charge in [-0.15, -0.1) is 10.2 Å². The highest BCUT2D eigenvalue weighted by molar-refractivity contribution is 14.1. The molecule has 0 aliphatic rings. The summed E-state index contributed by atoms with van der Waals surface area (Å²) in [7, 11) is 0. The smallest absolute Gasteiger partial charge is 0.342 e. The maximum Gasteiger partial charge on any atom is 0.342 e. The number of thioether (sulfide) groups is 1. The van der Waals surface area contributed by atoms with Crippen LogP contribution in [0.2, 0.25) is 5.02 Å². The highest BCUT2D eigenvalue weighted by Gasteiger charge is 2.18. The third-order valence-corrected chi connectivity index (χ3v) is 6.57. The number of halogens is 2. The molecule has 0 aliphatic heterocycles. The van der Waals surface area contributed by atoms with Gasteiger partial charge in [0.15, 0.2) is 0 Å². The van der Waals surface area contributed by atoms with Crippen molar-refractivity contribution in [1.29, 1.82) is 0 Å². The summed E-state index contributed by atoms with van der Waals surface area (Å²) < 4.78 is 8.90. The van der Waals surface area contributed by atoms with Gasteiger partial charge in [-0.05, 0) is 114 Å². The Morgan fingerprint density at radius 3 is 2.47 bits per heavy atom. The highest BCUT2D eigenvalue weighted by atomic mass is 127. The van der Waals surface area contributed by atoms with Crippen LogP contribution in [0.3, 0.4) is 0 Å². The lowest BCUT2D eigenvalue weighted by Crippen LogP contribution is -2.00. The maximum absolute atomic E-state index is 11.9. The molecule has 1 N–H and O–H groups in total. The molecule has 4 aromatic rings. The second-order valence-corrected chi connectivity index (χ2v) is 9.61. The first-order valence-corrected chi connectivity index (χ1v) is 11.8. The summed E-state index contributed by atoms with van der Waals surface area (Å²) in [5, 5.41) is 18.5. The van der Waals surface area contributed by atoms with E-state index in [1.807, 2.05) is 44.2 Å². The minimum absolute atomic E-state index is 0.0826. The molecule has 9 heteroatoms. The van der Waals surface area contributed by atoms with Crippen molar-refractivity contribution in [2.45, 2.75) is 19.1 Å². The van der Waals surface area contributed by atoms with Crippen molar-refractivity contribution < 1.29 is 14.3 Å². The van der Waals surface area contributed by atoms with Gasteiger partial charge < -0.3 is 14.1 Å². The zero-order chi connectivity index (χ0) is 22.8. The first-order valence-electron chi connectivity index (χ1n) is 9.49. The third-order valence-electron chi connectivity index (χ3n) is 4.75. The minimum Gasteiger partial charge on any atom is -0.477 e. The Kier molecular flexibility index (Phi) is 6.73. The number of benzene rings is 2. The first-order chi connectivity index (χ1) is 15.3. The zero-order valence-corrected chi connectivity index (χ0v) is 20.8. The lowest BCUT2D eigenvalue weighted by atomic mass is 10.2. The predicted octanol–water partition coefficient (Wildman–Crippen LogP) is 6.62. The van der Waals surface area contributed by atoms with Crippen LogP contribution in [-0.2, 0) is 4.79 Å². The van der Waals surface area contributed by atoms with Gasteiger partial charge in [0.2, 0.25) is 5.89 Å². The third kappa shape index (κ3) is 4.92. The molecule has 2 heterocycles. The summed E-state index contributed by atoms with van der Waals surface area (Å²) in [6.07, 6.45) is 1.63. The Labute approximate surface area is 207 Å². The predicted molar refractivity (Wildman–Crippen MR) is 134 cm³/mol. The summed E-state index contributed by atoms with van der Waals surface area (Å²) in [5.41, 5.74) is 4.48. The number of hydrogen-bond acceptors (Lipinski definition) is 5. The van der Waals surface area contributed by atoms with Crippen molar-refractivity contribution in [3.63, 3.8) is 0 Å². The number of carboxylic acids is 1. The molecule has 4 rings (SSSR count). The van der Waals surface area contributed by atoms with Crippen LogP contribution >= 0.6 is 46.0 Å². The first kappa shape index (κ1) is 22.6. The number of nitrogens with zero attached hydrogens (tertiary/aromatic N) is 3. The number of carbonyl (C=O) groups is 1. The second kappa shape index (κ2) is 9.51. The van der Waals surface area contributed by atoms with Crippen LogP contribution in [0.25, 0.3) is 23.2 Å². The van der Waals surface area contributed by atoms with Gasteiger partial charge in [-0.2, -0.15) is 0 Å². The van der Waals surface area contributed by atoms with Gasteiger partial charge in [-0.3, -0.25) is 0 Å². The Hall–Kier alpha value is -2.56. The maximum atomic E-state index is 11.9. The number of aryl methyl sites for hydroxylation is 1. The normalized spacial score (nSPS) is 11.7. The van der Waals surface area contributed by atoms with Crippen molar-refractivity contribution in [2.24, 2.45) is 0 Å². The van der Waals surface area contributed by atoms with Gasteiger partial charge in [-0.25, -0.2) is 4.79 Å². The second-order valence-electron chi connectivity index (χ2n) is 6.93. The topological polar surface area (TPSA) is 81.2 Å². The summed E-state index contributed by atoms with van der Waals surface area (Å²) in [6.45, 7) is 3.96. The fourth-order valence-electron chi connectivity index (χ4n) is 3.25. The standard InChI is InChI=1S/C23H17ClIN3O3S/c1-13-11-16(14(2)28(13)19-9-7-18(25)8-10-19)12-20(22(29)30)32-23-27-26-21(31-23)15-3-5-17(24)6-4-15/h3-12H,1-2H3,(H,29,30)/b20-12-. The fourth-order valence-corrected chi connectivity index (χ4v) is 4.40. The Balaban J connectivity index is 1.63.